The Balaban J connectivity index is 1.92. The van der Waals surface area contributed by atoms with Gasteiger partial charge in [0, 0.05) is 23.5 Å². The number of nitrogens with zero attached hydrogens (tertiary/aromatic N) is 1. The summed E-state index contributed by atoms with van der Waals surface area (Å²) in [5.74, 6) is 0.157. The van der Waals surface area contributed by atoms with E-state index < -0.39 is 12.0 Å². The number of carboxylic acid groups (broad SMARTS) is 1. The average molecular weight is 380 g/mol. The van der Waals surface area contributed by atoms with Crippen LogP contribution in [0.3, 0.4) is 0 Å². The van der Waals surface area contributed by atoms with Gasteiger partial charge in [-0.3, -0.25) is 4.98 Å². The Kier molecular flexibility index (Phi) is 5.99. The van der Waals surface area contributed by atoms with Gasteiger partial charge < -0.3 is 19.9 Å². The molecule has 0 aliphatic heterocycles. The number of hydrogen-bond acceptors (Lipinski definition) is 5. The summed E-state index contributed by atoms with van der Waals surface area (Å²) in [5.41, 5.74) is 1.30. The Morgan fingerprint density at radius 1 is 1.11 bits per heavy atom. The van der Waals surface area contributed by atoms with Crippen molar-refractivity contribution in [3.05, 3.63) is 60.4 Å². The number of aliphatic carboxylic acids is 1. The molecular weight excluding hydrogens is 356 g/mol. The maximum absolute atomic E-state index is 12.0. The van der Waals surface area contributed by atoms with Crippen molar-refractivity contribution in [1.82, 2.24) is 4.98 Å². The third-order valence-corrected chi connectivity index (χ3v) is 4.16. The van der Waals surface area contributed by atoms with Crippen molar-refractivity contribution in [2.24, 2.45) is 0 Å². The monoisotopic (exact) mass is 380 g/mol. The van der Waals surface area contributed by atoms with E-state index in [1.165, 1.54) is 0 Å². The zero-order valence-electron chi connectivity index (χ0n) is 16.2. The van der Waals surface area contributed by atoms with Crippen molar-refractivity contribution in [1.29, 1.82) is 0 Å². The molecule has 1 heterocycles. The van der Waals surface area contributed by atoms with Crippen molar-refractivity contribution in [3.8, 4) is 11.5 Å². The standard InChI is InChI=1S/C22H24N2O4/c1-4-27-20-12-16(6-8-19(20)28-14(2)3)21(22(25)26)24-18-7-5-17-13-23-10-9-15(17)11-18/h5-14,21,24H,4H2,1-3H3,(H,25,26). The minimum Gasteiger partial charge on any atom is -0.490 e. The highest BCUT2D eigenvalue weighted by Crippen LogP contribution is 2.33. The molecule has 0 amide bonds. The van der Waals surface area contributed by atoms with E-state index in [1.54, 1.807) is 30.6 Å². The zero-order chi connectivity index (χ0) is 20.1. The molecule has 0 aliphatic carbocycles. The van der Waals surface area contributed by atoms with Crippen LogP contribution in [-0.2, 0) is 4.79 Å². The number of nitrogens with one attached hydrogen (secondary N) is 1. The molecule has 0 bridgehead atoms. The first-order valence-corrected chi connectivity index (χ1v) is 9.24. The molecule has 3 rings (SSSR count). The molecule has 6 heteroatoms. The van der Waals surface area contributed by atoms with Gasteiger partial charge in [0.2, 0.25) is 0 Å². The maximum atomic E-state index is 12.0. The smallest absolute Gasteiger partial charge is 0.330 e. The summed E-state index contributed by atoms with van der Waals surface area (Å²) in [6, 6.07) is 11.9. The highest BCUT2D eigenvalue weighted by atomic mass is 16.5. The summed E-state index contributed by atoms with van der Waals surface area (Å²) >= 11 is 0. The fourth-order valence-electron chi connectivity index (χ4n) is 2.95. The van der Waals surface area contributed by atoms with E-state index in [0.717, 1.165) is 10.8 Å². The lowest BCUT2D eigenvalue weighted by atomic mass is 10.0. The summed E-state index contributed by atoms with van der Waals surface area (Å²) in [7, 11) is 0. The van der Waals surface area contributed by atoms with Gasteiger partial charge in [-0.15, -0.1) is 0 Å². The van der Waals surface area contributed by atoms with Crippen molar-refractivity contribution in [3.63, 3.8) is 0 Å². The summed E-state index contributed by atoms with van der Waals surface area (Å²) in [6.07, 6.45) is 3.48. The largest absolute Gasteiger partial charge is 0.490 e. The topological polar surface area (TPSA) is 80.7 Å². The lowest BCUT2D eigenvalue weighted by Crippen LogP contribution is -2.20. The Labute approximate surface area is 164 Å². The van der Waals surface area contributed by atoms with Gasteiger partial charge in [0.25, 0.3) is 0 Å². The first-order valence-electron chi connectivity index (χ1n) is 9.24. The molecule has 1 aromatic heterocycles. The molecule has 0 saturated carbocycles. The fourth-order valence-corrected chi connectivity index (χ4v) is 2.95. The molecule has 146 valence electrons. The van der Waals surface area contributed by atoms with Crippen LogP contribution in [0.25, 0.3) is 10.8 Å². The van der Waals surface area contributed by atoms with Crippen LogP contribution in [-0.4, -0.2) is 28.8 Å². The van der Waals surface area contributed by atoms with Crippen LogP contribution in [0.4, 0.5) is 5.69 Å². The maximum Gasteiger partial charge on any atom is 0.330 e. The van der Waals surface area contributed by atoms with E-state index in [9.17, 15) is 9.90 Å². The van der Waals surface area contributed by atoms with Gasteiger partial charge in [-0.1, -0.05) is 12.1 Å². The zero-order valence-corrected chi connectivity index (χ0v) is 16.2. The number of fused-ring (bicyclic) bond motifs is 1. The number of anilines is 1. The number of aromatic nitrogens is 1. The lowest BCUT2D eigenvalue weighted by molar-refractivity contribution is -0.138. The van der Waals surface area contributed by atoms with Crippen LogP contribution in [0.5, 0.6) is 11.5 Å². The molecule has 2 N–H and O–H groups in total. The molecule has 0 saturated heterocycles. The molecule has 6 nitrogen and oxygen atoms in total. The number of pyridine rings is 1. The molecule has 0 fully saturated rings. The Bertz CT molecular complexity index is 972. The molecule has 3 aromatic rings. The van der Waals surface area contributed by atoms with Crippen LogP contribution in [0, 0.1) is 0 Å². The number of benzene rings is 2. The summed E-state index contributed by atoms with van der Waals surface area (Å²) in [5, 5.41) is 14.9. The first-order chi connectivity index (χ1) is 13.5. The second-order valence-corrected chi connectivity index (χ2v) is 6.66. The van der Waals surface area contributed by atoms with Crippen LogP contribution in [0.2, 0.25) is 0 Å². The van der Waals surface area contributed by atoms with Crippen molar-refractivity contribution < 1.29 is 19.4 Å². The fraction of sp³-hybridized carbons (Fsp3) is 0.273. The van der Waals surface area contributed by atoms with Crippen LogP contribution in [0.1, 0.15) is 32.4 Å². The normalized spacial score (nSPS) is 12.0. The third kappa shape index (κ3) is 4.52. The van der Waals surface area contributed by atoms with Gasteiger partial charge in [-0.05, 0) is 62.1 Å². The number of carbonyl (C=O) groups is 1. The molecule has 1 atom stereocenters. The van der Waals surface area contributed by atoms with Crippen LogP contribution in [0.15, 0.2) is 54.9 Å². The van der Waals surface area contributed by atoms with Gasteiger partial charge in [-0.2, -0.15) is 0 Å². The number of carboxylic acids is 1. The quantitative estimate of drug-likeness (QED) is 0.592. The lowest BCUT2D eigenvalue weighted by Gasteiger charge is -2.20. The predicted octanol–water partition coefficient (Wildman–Crippen LogP) is 4.66. The van der Waals surface area contributed by atoms with Gasteiger partial charge in [0.1, 0.15) is 0 Å². The van der Waals surface area contributed by atoms with E-state index >= 15 is 0 Å². The molecule has 2 aromatic carbocycles. The highest BCUT2D eigenvalue weighted by Gasteiger charge is 2.22. The van der Waals surface area contributed by atoms with E-state index in [1.807, 2.05) is 45.0 Å². The number of ether oxygens (including phenoxy) is 2. The van der Waals surface area contributed by atoms with E-state index in [0.29, 0.717) is 29.4 Å². The second-order valence-electron chi connectivity index (χ2n) is 6.66. The predicted molar refractivity (Wildman–Crippen MR) is 109 cm³/mol. The van der Waals surface area contributed by atoms with Crippen molar-refractivity contribution in [2.75, 3.05) is 11.9 Å². The second kappa shape index (κ2) is 8.61. The third-order valence-electron chi connectivity index (χ3n) is 4.16. The van der Waals surface area contributed by atoms with E-state index in [4.69, 9.17) is 9.47 Å². The Hall–Kier alpha value is -3.28. The minimum absolute atomic E-state index is 0.00876. The molecule has 0 radical (unpaired) electrons. The molecule has 0 spiro atoms. The summed E-state index contributed by atoms with van der Waals surface area (Å²) < 4.78 is 11.4. The molecule has 28 heavy (non-hydrogen) atoms. The van der Waals surface area contributed by atoms with Crippen LogP contribution >= 0.6 is 0 Å². The van der Waals surface area contributed by atoms with E-state index in [-0.39, 0.29) is 6.10 Å². The molecular formula is C22H24N2O4. The van der Waals surface area contributed by atoms with Gasteiger partial charge >= 0.3 is 5.97 Å². The number of hydrogen-bond donors (Lipinski definition) is 2. The molecule has 1 unspecified atom stereocenters. The van der Waals surface area contributed by atoms with Crippen LogP contribution < -0.4 is 14.8 Å². The Morgan fingerprint density at radius 2 is 1.93 bits per heavy atom. The van der Waals surface area contributed by atoms with Gasteiger partial charge in [0.05, 0.1) is 12.7 Å². The van der Waals surface area contributed by atoms with Gasteiger partial charge in [-0.25, -0.2) is 4.79 Å². The van der Waals surface area contributed by atoms with Crippen molar-refractivity contribution in [2.45, 2.75) is 32.9 Å². The summed E-state index contributed by atoms with van der Waals surface area (Å²) in [4.78, 5) is 16.0. The number of rotatable bonds is 8. The Morgan fingerprint density at radius 3 is 2.64 bits per heavy atom. The SMILES string of the molecule is CCOc1cc(C(Nc2ccc3cnccc3c2)C(=O)O)ccc1OC(C)C. The molecule has 0 aliphatic rings. The summed E-state index contributed by atoms with van der Waals surface area (Å²) in [6.45, 7) is 6.20. The van der Waals surface area contributed by atoms with E-state index in [2.05, 4.69) is 10.3 Å². The first kappa shape index (κ1) is 19.5. The average Bonchev–Trinajstić information content (AvgIpc) is 2.67. The minimum atomic E-state index is -0.977. The van der Waals surface area contributed by atoms with Gasteiger partial charge in [0.15, 0.2) is 17.5 Å². The highest BCUT2D eigenvalue weighted by molar-refractivity contribution is 5.86. The van der Waals surface area contributed by atoms with Crippen molar-refractivity contribution >= 4 is 22.4 Å².